The Labute approximate surface area is 185 Å². The summed E-state index contributed by atoms with van der Waals surface area (Å²) >= 11 is 3.29. The monoisotopic (exact) mass is 439 g/mol. The number of benzene rings is 2. The first kappa shape index (κ1) is 20.8. The van der Waals surface area contributed by atoms with Gasteiger partial charge >= 0.3 is 0 Å². The van der Waals surface area contributed by atoms with Crippen molar-refractivity contribution in [3.8, 4) is 11.5 Å². The molecule has 4 nitrogen and oxygen atoms in total. The highest BCUT2D eigenvalue weighted by molar-refractivity contribution is 8.00. The summed E-state index contributed by atoms with van der Waals surface area (Å²) in [7, 11) is 3.30. The van der Waals surface area contributed by atoms with Crippen molar-refractivity contribution in [2.75, 3.05) is 26.5 Å². The molecule has 0 fully saturated rings. The Hall–Kier alpha value is -2.44. The molecule has 1 amide bonds. The molecule has 0 aliphatic carbocycles. The van der Waals surface area contributed by atoms with E-state index in [0.29, 0.717) is 18.0 Å². The average molecular weight is 440 g/mol. The summed E-state index contributed by atoms with van der Waals surface area (Å²) in [4.78, 5) is 17.7. The Bertz CT molecular complexity index is 1030. The molecule has 0 saturated carbocycles. The summed E-state index contributed by atoms with van der Waals surface area (Å²) in [6.07, 6.45) is 0.804. The normalized spacial score (nSPS) is 15.6. The van der Waals surface area contributed by atoms with Crippen molar-refractivity contribution in [2.24, 2.45) is 0 Å². The predicted molar refractivity (Wildman–Crippen MR) is 123 cm³/mol. The Morgan fingerprint density at radius 3 is 2.60 bits per heavy atom. The third-order valence-electron chi connectivity index (χ3n) is 5.45. The number of hydrogen-bond donors (Lipinski definition) is 0. The molecule has 2 heterocycles. The first-order valence-electron chi connectivity index (χ1n) is 9.88. The zero-order valence-electron chi connectivity index (χ0n) is 17.4. The molecule has 0 unspecified atom stereocenters. The maximum atomic E-state index is 13.3. The fraction of sp³-hybridized carbons (Fsp3) is 0.292. The molecule has 30 heavy (non-hydrogen) atoms. The summed E-state index contributed by atoms with van der Waals surface area (Å²) < 4.78 is 11.0. The number of rotatable bonds is 6. The van der Waals surface area contributed by atoms with Gasteiger partial charge in [-0.15, -0.1) is 23.1 Å². The van der Waals surface area contributed by atoms with Crippen molar-refractivity contribution < 1.29 is 14.3 Å². The highest BCUT2D eigenvalue weighted by atomic mass is 32.2. The summed E-state index contributed by atoms with van der Waals surface area (Å²) in [5.74, 6) is 2.01. The van der Waals surface area contributed by atoms with Crippen LogP contribution < -0.4 is 9.47 Å². The van der Waals surface area contributed by atoms with Gasteiger partial charge in [-0.2, -0.15) is 0 Å². The van der Waals surface area contributed by atoms with E-state index in [2.05, 4.69) is 36.6 Å². The van der Waals surface area contributed by atoms with E-state index >= 15 is 0 Å². The Morgan fingerprint density at radius 1 is 1.13 bits per heavy atom. The van der Waals surface area contributed by atoms with Crippen LogP contribution in [-0.2, 0) is 11.2 Å². The lowest BCUT2D eigenvalue weighted by molar-refractivity contribution is -0.130. The van der Waals surface area contributed by atoms with Crippen LogP contribution in [0.15, 0.2) is 58.8 Å². The van der Waals surface area contributed by atoms with Crippen LogP contribution in [0.4, 0.5) is 0 Å². The number of nitrogens with zero attached hydrogens (tertiary/aromatic N) is 1. The van der Waals surface area contributed by atoms with E-state index in [-0.39, 0.29) is 11.9 Å². The molecule has 0 spiro atoms. The van der Waals surface area contributed by atoms with Gasteiger partial charge < -0.3 is 14.4 Å². The largest absolute Gasteiger partial charge is 0.493 e. The van der Waals surface area contributed by atoms with Gasteiger partial charge in [0.25, 0.3) is 0 Å². The number of thioether (sulfide) groups is 1. The smallest absolute Gasteiger partial charge is 0.233 e. The molecular formula is C24H25NO3S2. The van der Waals surface area contributed by atoms with E-state index in [0.717, 1.165) is 27.5 Å². The number of fused-ring (bicyclic) bond motifs is 1. The van der Waals surface area contributed by atoms with Crippen LogP contribution in [0.5, 0.6) is 11.5 Å². The molecule has 1 aliphatic heterocycles. The summed E-state index contributed by atoms with van der Waals surface area (Å²) in [6, 6.07) is 16.3. The molecule has 1 aliphatic rings. The van der Waals surface area contributed by atoms with Crippen LogP contribution >= 0.6 is 23.1 Å². The minimum atomic E-state index is -0.0986. The zero-order chi connectivity index (χ0) is 21.1. The number of ether oxygens (including phenoxy) is 2. The van der Waals surface area contributed by atoms with Crippen LogP contribution in [0.25, 0.3) is 0 Å². The van der Waals surface area contributed by atoms with Gasteiger partial charge in [0.2, 0.25) is 5.91 Å². The molecule has 1 aromatic heterocycles. The lowest BCUT2D eigenvalue weighted by atomic mass is 9.91. The van der Waals surface area contributed by atoms with Crippen LogP contribution in [0.1, 0.15) is 27.6 Å². The van der Waals surface area contributed by atoms with Gasteiger partial charge in [-0.3, -0.25) is 4.79 Å². The number of amides is 1. The predicted octanol–water partition coefficient (Wildman–Crippen LogP) is 5.34. The molecule has 0 bridgehead atoms. The summed E-state index contributed by atoms with van der Waals surface area (Å²) in [5, 5.41) is 2.06. The van der Waals surface area contributed by atoms with E-state index in [1.807, 2.05) is 29.2 Å². The van der Waals surface area contributed by atoms with Crippen molar-refractivity contribution in [2.45, 2.75) is 24.3 Å². The molecule has 0 radical (unpaired) electrons. The second kappa shape index (κ2) is 9.14. The number of methoxy groups -OCH3 is 2. The van der Waals surface area contributed by atoms with Crippen LogP contribution in [0.2, 0.25) is 0 Å². The van der Waals surface area contributed by atoms with E-state index in [1.165, 1.54) is 11.1 Å². The zero-order valence-corrected chi connectivity index (χ0v) is 19.0. The maximum absolute atomic E-state index is 13.3. The maximum Gasteiger partial charge on any atom is 0.233 e. The van der Waals surface area contributed by atoms with Gasteiger partial charge in [0.05, 0.1) is 26.0 Å². The quantitative estimate of drug-likeness (QED) is 0.486. The van der Waals surface area contributed by atoms with Crippen LogP contribution in [0, 0.1) is 6.92 Å². The Balaban J connectivity index is 1.65. The van der Waals surface area contributed by atoms with Crippen molar-refractivity contribution in [3.63, 3.8) is 0 Å². The lowest BCUT2D eigenvalue weighted by Gasteiger charge is -2.37. The topological polar surface area (TPSA) is 38.8 Å². The molecule has 1 atom stereocenters. The standard InChI is InChI=1S/C24H25NO3S2/c1-16-7-4-5-8-21(16)30-15-23(26)25-11-10-17-13-19(27-2)20(28-3)14-18(17)24(25)22-9-6-12-29-22/h4-9,12-14,24H,10-11,15H2,1-3H3/t24-/m1/s1. The molecular weight excluding hydrogens is 414 g/mol. The average Bonchev–Trinajstić information content (AvgIpc) is 3.31. The van der Waals surface area contributed by atoms with E-state index in [4.69, 9.17) is 9.47 Å². The molecule has 2 aromatic carbocycles. The minimum Gasteiger partial charge on any atom is -0.493 e. The van der Waals surface area contributed by atoms with E-state index in [1.54, 1.807) is 37.3 Å². The number of thiophene rings is 1. The number of aryl methyl sites for hydroxylation is 1. The SMILES string of the molecule is COc1cc2c(cc1OC)[C@H](c1cccs1)N(C(=O)CSc1ccccc1C)CC2. The minimum absolute atomic E-state index is 0.0986. The summed E-state index contributed by atoms with van der Waals surface area (Å²) in [5.41, 5.74) is 3.53. The first-order chi connectivity index (χ1) is 14.6. The van der Waals surface area contributed by atoms with Crippen molar-refractivity contribution in [1.82, 2.24) is 4.90 Å². The molecule has 6 heteroatoms. The molecule has 0 N–H and O–H groups in total. The second-order valence-corrected chi connectivity index (χ2v) is 9.21. The van der Waals surface area contributed by atoms with Gasteiger partial charge in [-0.1, -0.05) is 24.3 Å². The molecule has 3 aromatic rings. The Kier molecular flexibility index (Phi) is 6.35. The lowest BCUT2D eigenvalue weighted by Crippen LogP contribution is -2.41. The fourth-order valence-electron chi connectivity index (χ4n) is 3.91. The Morgan fingerprint density at radius 2 is 1.90 bits per heavy atom. The number of carbonyl (C=O) groups is 1. The summed E-state index contributed by atoms with van der Waals surface area (Å²) in [6.45, 7) is 2.77. The van der Waals surface area contributed by atoms with Gasteiger partial charge in [-0.05, 0) is 59.7 Å². The van der Waals surface area contributed by atoms with Crippen LogP contribution in [0.3, 0.4) is 0 Å². The van der Waals surface area contributed by atoms with Gasteiger partial charge in [-0.25, -0.2) is 0 Å². The van der Waals surface area contributed by atoms with Gasteiger partial charge in [0.15, 0.2) is 11.5 Å². The van der Waals surface area contributed by atoms with Crippen molar-refractivity contribution in [1.29, 1.82) is 0 Å². The number of carbonyl (C=O) groups excluding carboxylic acids is 1. The van der Waals surface area contributed by atoms with Crippen molar-refractivity contribution in [3.05, 3.63) is 75.5 Å². The second-order valence-electron chi connectivity index (χ2n) is 7.22. The third kappa shape index (κ3) is 4.07. The molecule has 4 rings (SSSR count). The van der Waals surface area contributed by atoms with Crippen LogP contribution in [-0.4, -0.2) is 37.3 Å². The van der Waals surface area contributed by atoms with Gasteiger partial charge in [0.1, 0.15) is 0 Å². The third-order valence-corrected chi connectivity index (χ3v) is 7.54. The fourth-order valence-corrected chi connectivity index (χ4v) is 5.68. The molecule has 156 valence electrons. The first-order valence-corrected chi connectivity index (χ1v) is 11.7. The number of hydrogen-bond acceptors (Lipinski definition) is 5. The van der Waals surface area contributed by atoms with E-state index in [9.17, 15) is 4.79 Å². The van der Waals surface area contributed by atoms with E-state index < -0.39 is 0 Å². The highest BCUT2D eigenvalue weighted by Crippen LogP contribution is 2.42. The highest BCUT2D eigenvalue weighted by Gasteiger charge is 2.33. The van der Waals surface area contributed by atoms with Gasteiger partial charge in [0, 0.05) is 16.3 Å². The molecule has 0 saturated heterocycles. The van der Waals surface area contributed by atoms with Crippen molar-refractivity contribution >= 4 is 29.0 Å².